The van der Waals surface area contributed by atoms with Crippen molar-refractivity contribution >= 4 is 23.4 Å². The summed E-state index contributed by atoms with van der Waals surface area (Å²) in [5.74, 6) is 0.352. The molecule has 164 valence electrons. The van der Waals surface area contributed by atoms with Gasteiger partial charge in [-0.25, -0.2) is 9.59 Å². The number of nitro benzene ring substituents is 1. The Kier molecular flexibility index (Phi) is 7.31. The van der Waals surface area contributed by atoms with Crippen LogP contribution in [0.15, 0.2) is 18.2 Å². The molecule has 1 heterocycles. The summed E-state index contributed by atoms with van der Waals surface area (Å²) in [6, 6.07) is 3.85. The molecule has 1 aromatic carbocycles. The number of hydrogen-bond acceptors (Lipinski definition) is 5. The fraction of sp³-hybridized carbons (Fsp3) is 0.600. The number of nitrogens with zero attached hydrogens (tertiary/aromatic N) is 2. The van der Waals surface area contributed by atoms with Crippen LogP contribution < -0.4 is 20.7 Å². The molecule has 1 saturated carbocycles. The van der Waals surface area contributed by atoms with E-state index in [1.54, 1.807) is 4.90 Å². The lowest BCUT2D eigenvalue weighted by molar-refractivity contribution is -0.384. The lowest BCUT2D eigenvalue weighted by atomic mass is 9.96. The van der Waals surface area contributed by atoms with Gasteiger partial charge in [0, 0.05) is 37.3 Å². The summed E-state index contributed by atoms with van der Waals surface area (Å²) in [6.07, 6.45) is 6.93. The highest BCUT2D eigenvalue weighted by Crippen LogP contribution is 2.29. The Morgan fingerprint density at radius 2 is 1.70 bits per heavy atom. The molecule has 0 radical (unpaired) electrons. The lowest BCUT2D eigenvalue weighted by Crippen LogP contribution is -2.51. The first kappa shape index (κ1) is 21.7. The molecule has 1 aliphatic carbocycles. The lowest BCUT2D eigenvalue weighted by Gasteiger charge is -2.33. The molecule has 10 heteroatoms. The van der Waals surface area contributed by atoms with E-state index in [0.717, 1.165) is 25.7 Å². The number of benzene rings is 1. The number of rotatable bonds is 5. The summed E-state index contributed by atoms with van der Waals surface area (Å²) in [7, 11) is 1.44. The van der Waals surface area contributed by atoms with Gasteiger partial charge in [0.05, 0.1) is 17.7 Å². The van der Waals surface area contributed by atoms with Crippen molar-refractivity contribution in [2.75, 3.05) is 25.5 Å². The number of ether oxygens (including phenoxy) is 1. The van der Waals surface area contributed by atoms with Crippen molar-refractivity contribution in [3.8, 4) is 5.75 Å². The van der Waals surface area contributed by atoms with Gasteiger partial charge >= 0.3 is 12.1 Å². The summed E-state index contributed by atoms with van der Waals surface area (Å²) >= 11 is 0. The largest absolute Gasteiger partial charge is 0.495 e. The van der Waals surface area contributed by atoms with E-state index in [-0.39, 0.29) is 35.5 Å². The number of amides is 4. The van der Waals surface area contributed by atoms with Gasteiger partial charge in [-0.05, 0) is 31.7 Å². The van der Waals surface area contributed by atoms with E-state index in [4.69, 9.17) is 4.74 Å². The Morgan fingerprint density at radius 1 is 1.07 bits per heavy atom. The second-order valence-electron chi connectivity index (χ2n) is 7.79. The maximum atomic E-state index is 12.6. The normalized spacial score (nSPS) is 17.8. The van der Waals surface area contributed by atoms with Crippen LogP contribution in [0.5, 0.6) is 5.75 Å². The smallest absolute Gasteiger partial charge is 0.321 e. The maximum absolute atomic E-state index is 12.6. The van der Waals surface area contributed by atoms with Crippen molar-refractivity contribution in [1.82, 2.24) is 15.5 Å². The van der Waals surface area contributed by atoms with Crippen molar-refractivity contribution in [2.45, 2.75) is 57.0 Å². The highest BCUT2D eigenvalue weighted by atomic mass is 16.6. The highest BCUT2D eigenvalue weighted by Gasteiger charge is 2.26. The van der Waals surface area contributed by atoms with Crippen LogP contribution in [0.25, 0.3) is 0 Å². The van der Waals surface area contributed by atoms with Crippen molar-refractivity contribution in [3.63, 3.8) is 0 Å². The Labute approximate surface area is 175 Å². The standard InChI is InChI=1S/C20H29N5O5/c1-30-18-8-7-16(25(28)29)13-17(18)23-20(27)24-11-9-15(10-12-24)22-19(26)21-14-5-3-2-4-6-14/h7-8,13-15H,2-6,9-12H2,1H3,(H,23,27)(H2,21,22,26). The monoisotopic (exact) mass is 419 g/mol. The van der Waals surface area contributed by atoms with E-state index in [1.807, 2.05) is 0 Å². The number of nitrogens with one attached hydrogen (secondary N) is 3. The zero-order valence-electron chi connectivity index (χ0n) is 17.2. The van der Waals surface area contributed by atoms with Crippen LogP contribution in [0, 0.1) is 10.1 Å². The minimum absolute atomic E-state index is 0.0185. The molecule has 1 saturated heterocycles. The maximum Gasteiger partial charge on any atom is 0.321 e. The number of anilines is 1. The number of hydrogen-bond donors (Lipinski definition) is 3. The predicted octanol–water partition coefficient (Wildman–Crippen LogP) is 3.23. The molecule has 30 heavy (non-hydrogen) atoms. The van der Waals surface area contributed by atoms with Crippen LogP contribution in [0.4, 0.5) is 21.0 Å². The van der Waals surface area contributed by atoms with Gasteiger partial charge in [0.15, 0.2) is 0 Å². The zero-order valence-corrected chi connectivity index (χ0v) is 17.2. The van der Waals surface area contributed by atoms with Gasteiger partial charge in [-0.15, -0.1) is 0 Å². The number of likely N-dealkylation sites (tertiary alicyclic amines) is 1. The molecule has 0 aromatic heterocycles. The van der Waals surface area contributed by atoms with Gasteiger partial charge in [0.2, 0.25) is 0 Å². The average Bonchev–Trinajstić information content (AvgIpc) is 2.74. The number of non-ortho nitro benzene ring substituents is 1. The summed E-state index contributed by atoms with van der Waals surface area (Å²) in [4.78, 5) is 36.9. The minimum Gasteiger partial charge on any atom is -0.495 e. The minimum atomic E-state index is -0.523. The highest BCUT2D eigenvalue weighted by molar-refractivity contribution is 5.91. The van der Waals surface area contributed by atoms with Crippen molar-refractivity contribution in [1.29, 1.82) is 0 Å². The van der Waals surface area contributed by atoms with E-state index in [1.165, 1.54) is 31.7 Å². The molecule has 0 bridgehead atoms. The molecular weight excluding hydrogens is 390 g/mol. The summed E-state index contributed by atoms with van der Waals surface area (Å²) in [6.45, 7) is 0.967. The molecule has 4 amide bonds. The van der Waals surface area contributed by atoms with Crippen molar-refractivity contribution < 1.29 is 19.2 Å². The van der Waals surface area contributed by atoms with Gasteiger partial charge in [-0.1, -0.05) is 19.3 Å². The Bertz CT molecular complexity index is 773. The van der Waals surface area contributed by atoms with Gasteiger partial charge in [0.25, 0.3) is 5.69 Å². The van der Waals surface area contributed by atoms with Crippen molar-refractivity contribution in [2.24, 2.45) is 0 Å². The van der Waals surface area contributed by atoms with E-state index in [9.17, 15) is 19.7 Å². The third-order valence-electron chi connectivity index (χ3n) is 5.69. The molecule has 3 rings (SSSR count). The van der Waals surface area contributed by atoms with E-state index < -0.39 is 4.92 Å². The number of piperidine rings is 1. The second kappa shape index (κ2) is 10.1. The first-order valence-corrected chi connectivity index (χ1v) is 10.4. The SMILES string of the molecule is COc1ccc([N+](=O)[O-])cc1NC(=O)N1CCC(NC(=O)NC2CCCCC2)CC1. The van der Waals surface area contributed by atoms with Crippen LogP contribution in [0.3, 0.4) is 0 Å². The molecular formula is C20H29N5O5. The first-order valence-electron chi connectivity index (χ1n) is 10.4. The molecule has 1 aromatic rings. The second-order valence-corrected chi connectivity index (χ2v) is 7.79. The fourth-order valence-corrected chi connectivity index (χ4v) is 3.99. The van der Waals surface area contributed by atoms with Gasteiger partial charge < -0.3 is 25.6 Å². The number of carbonyl (C=O) groups excluding carboxylic acids is 2. The quantitative estimate of drug-likeness (QED) is 0.499. The topological polar surface area (TPSA) is 126 Å². The zero-order chi connectivity index (χ0) is 21.5. The predicted molar refractivity (Wildman–Crippen MR) is 112 cm³/mol. The van der Waals surface area contributed by atoms with E-state index >= 15 is 0 Å². The Balaban J connectivity index is 1.47. The number of nitro groups is 1. The Morgan fingerprint density at radius 3 is 2.30 bits per heavy atom. The average molecular weight is 419 g/mol. The third kappa shape index (κ3) is 5.74. The molecule has 10 nitrogen and oxygen atoms in total. The molecule has 2 aliphatic rings. The molecule has 2 fully saturated rings. The summed E-state index contributed by atoms with van der Waals surface area (Å²) < 4.78 is 5.18. The third-order valence-corrected chi connectivity index (χ3v) is 5.69. The molecule has 0 atom stereocenters. The first-order chi connectivity index (χ1) is 14.5. The van der Waals surface area contributed by atoms with Gasteiger partial charge in [-0.2, -0.15) is 0 Å². The van der Waals surface area contributed by atoms with Gasteiger partial charge in [0.1, 0.15) is 5.75 Å². The number of carbonyl (C=O) groups is 2. The number of methoxy groups -OCH3 is 1. The van der Waals surface area contributed by atoms with Crippen LogP contribution in [0.2, 0.25) is 0 Å². The van der Waals surface area contributed by atoms with Crippen LogP contribution in [-0.2, 0) is 0 Å². The van der Waals surface area contributed by atoms with E-state index in [2.05, 4.69) is 16.0 Å². The van der Waals surface area contributed by atoms with Crippen molar-refractivity contribution in [3.05, 3.63) is 28.3 Å². The fourth-order valence-electron chi connectivity index (χ4n) is 3.99. The molecule has 0 unspecified atom stereocenters. The number of urea groups is 2. The van der Waals surface area contributed by atoms with E-state index in [0.29, 0.717) is 31.7 Å². The van der Waals surface area contributed by atoms with Gasteiger partial charge in [-0.3, -0.25) is 10.1 Å². The molecule has 1 aliphatic heterocycles. The van der Waals surface area contributed by atoms with Crippen LogP contribution >= 0.6 is 0 Å². The molecule has 0 spiro atoms. The summed E-state index contributed by atoms with van der Waals surface area (Å²) in [5, 5.41) is 19.7. The van der Waals surface area contributed by atoms with Crippen LogP contribution in [0.1, 0.15) is 44.9 Å². The Hall–Kier alpha value is -3.04. The molecule has 3 N–H and O–H groups in total. The summed E-state index contributed by atoms with van der Waals surface area (Å²) in [5.41, 5.74) is 0.127. The van der Waals surface area contributed by atoms with Crippen LogP contribution in [-0.4, -0.2) is 54.2 Å².